The molecule has 3 heteroatoms. The van der Waals surface area contributed by atoms with E-state index >= 15 is 0 Å². The highest BCUT2D eigenvalue weighted by atomic mass is 32.1. The monoisotopic (exact) mass is 293 g/mol. The van der Waals surface area contributed by atoms with Crippen LogP contribution in [-0.2, 0) is 4.79 Å². The van der Waals surface area contributed by atoms with E-state index in [4.69, 9.17) is 0 Å². The summed E-state index contributed by atoms with van der Waals surface area (Å²) in [6, 6.07) is 4.70. The molecule has 1 heterocycles. The van der Waals surface area contributed by atoms with Gasteiger partial charge in [-0.05, 0) is 44.2 Å². The second kappa shape index (κ2) is 7.37. The highest BCUT2D eigenvalue weighted by molar-refractivity contribution is 7.10. The van der Waals surface area contributed by atoms with E-state index in [1.165, 1.54) is 17.7 Å². The molecule has 1 aromatic rings. The van der Waals surface area contributed by atoms with E-state index in [1.807, 2.05) is 0 Å². The Bertz CT molecular complexity index is 415. The van der Waals surface area contributed by atoms with Gasteiger partial charge in [-0.2, -0.15) is 0 Å². The van der Waals surface area contributed by atoms with E-state index < -0.39 is 0 Å². The zero-order chi connectivity index (χ0) is 14.5. The number of hydrogen-bond donors (Lipinski definition) is 0. The Morgan fingerprint density at radius 1 is 1.50 bits per heavy atom. The van der Waals surface area contributed by atoms with Crippen molar-refractivity contribution in [1.82, 2.24) is 4.90 Å². The first-order chi connectivity index (χ1) is 9.61. The van der Waals surface area contributed by atoms with Gasteiger partial charge < -0.3 is 0 Å². The number of hydrogen-bond acceptors (Lipinski definition) is 3. The molecule has 0 aromatic carbocycles. The van der Waals surface area contributed by atoms with Crippen LogP contribution in [0.4, 0.5) is 0 Å². The molecular weight excluding hydrogens is 266 g/mol. The van der Waals surface area contributed by atoms with Crippen LogP contribution in [0, 0.1) is 11.8 Å². The van der Waals surface area contributed by atoms with Crippen molar-refractivity contribution in [3.63, 3.8) is 0 Å². The van der Waals surface area contributed by atoms with E-state index in [-0.39, 0.29) is 5.92 Å². The number of Topliss-reactive ketones (excluding diaryl/α,β-unsaturated/α-hetero) is 1. The summed E-state index contributed by atoms with van der Waals surface area (Å²) in [5.74, 6) is 1.52. The molecule has 2 rings (SSSR count). The van der Waals surface area contributed by atoms with Crippen molar-refractivity contribution in [2.75, 3.05) is 13.6 Å². The molecule has 0 aliphatic heterocycles. The Hall–Kier alpha value is -0.670. The predicted molar refractivity (Wildman–Crippen MR) is 86.1 cm³/mol. The summed E-state index contributed by atoms with van der Waals surface area (Å²) in [6.07, 6.45) is 5.55. The van der Waals surface area contributed by atoms with Gasteiger partial charge in [0.05, 0.1) is 0 Å². The molecule has 1 aromatic heterocycles. The van der Waals surface area contributed by atoms with Gasteiger partial charge in [-0.25, -0.2) is 0 Å². The number of ketones is 1. The summed E-state index contributed by atoms with van der Waals surface area (Å²) in [6.45, 7) is 5.40. The van der Waals surface area contributed by atoms with Crippen LogP contribution in [0.15, 0.2) is 17.5 Å². The number of nitrogens with zero attached hydrogens (tertiary/aromatic N) is 1. The van der Waals surface area contributed by atoms with Crippen molar-refractivity contribution in [1.29, 1.82) is 0 Å². The Labute approximate surface area is 127 Å². The minimum atomic E-state index is 0.257. The number of thiophene rings is 1. The standard InChI is InChI=1S/C17H27NOS/c1-4-6-14-8-9-16(19)15(11-14)12-18(3)13(2)17-7-5-10-20-17/h5,7,10,13-15H,4,6,8-9,11-12H2,1-3H3. The van der Waals surface area contributed by atoms with E-state index in [0.717, 1.165) is 31.7 Å². The van der Waals surface area contributed by atoms with Gasteiger partial charge in [0.25, 0.3) is 0 Å². The maximum Gasteiger partial charge on any atom is 0.137 e. The van der Waals surface area contributed by atoms with Crippen molar-refractivity contribution in [2.45, 2.75) is 52.0 Å². The lowest BCUT2D eigenvalue weighted by atomic mass is 9.78. The van der Waals surface area contributed by atoms with Gasteiger partial charge in [0.2, 0.25) is 0 Å². The van der Waals surface area contributed by atoms with Gasteiger partial charge in [-0.1, -0.05) is 25.8 Å². The normalized spacial score (nSPS) is 25.1. The fraction of sp³-hybridized carbons (Fsp3) is 0.706. The lowest BCUT2D eigenvalue weighted by molar-refractivity contribution is -0.126. The smallest absolute Gasteiger partial charge is 0.137 e. The molecule has 112 valence electrons. The van der Waals surface area contributed by atoms with Crippen LogP contribution in [0.25, 0.3) is 0 Å². The lowest BCUT2D eigenvalue weighted by Gasteiger charge is -2.33. The average Bonchev–Trinajstić information content (AvgIpc) is 2.96. The Balaban J connectivity index is 1.91. The first-order valence-corrected chi connectivity index (χ1v) is 8.76. The Morgan fingerprint density at radius 3 is 2.95 bits per heavy atom. The third-order valence-electron chi connectivity index (χ3n) is 4.69. The molecule has 0 spiro atoms. The van der Waals surface area contributed by atoms with Crippen molar-refractivity contribution in [3.05, 3.63) is 22.4 Å². The average molecular weight is 293 g/mol. The van der Waals surface area contributed by atoms with Crippen molar-refractivity contribution < 1.29 is 4.79 Å². The van der Waals surface area contributed by atoms with Crippen LogP contribution >= 0.6 is 11.3 Å². The fourth-order valence-corrected chi connectivity index (χ4v) is 4.15. The molecule has 2 nitrogen and oxygen atoms in total. The molecule has 3 atom stereocenters. The van der Waals surface area contributed by atoms with Crippen LogP contribution in [-0.4, -0.2) is 24.3 Å². The minimum Gasteiger partial charge on any atom is -0.299 e. The Morgan fingerprint density at radius 2 is 2.30 bits per heavy atom. The topological polar surface area (TPSA) is 20.3 Å². The summed E-state index contributed by atoms with van der Waals surface area (Å²) in [4.78, 5) is 15.9. The molecule has 20 heavy (non-hydrogen) atoms. The highest BCUT2D eigenvalue weighted by Gasteiger charge is 2.30. The molecule has 0 amide bonds. The molecule has 0 saturated heterocycles. The zero-order valence-corrected chi connectivity index (χ0v) is 13.8. The largest absolute Gasteiger partial charge is 0.299 e. The minimum absolute atomic E-state index is 0.257. The van der Waals surface area contributed by atoms with Crippen molar-refractivity contribution >= 4 is 17.1 Å². The van der Waals surface area contributed by atoms with Gasteiger partial charge in [-0.15, -0.1) is 11.3 Å². The van der Waals surface area contributed by atoms with Gasteiger partial charge in [0.15, 0.2) is 0 Å². The molecule has 1 aliphatic carbocycles. The number of carbonyl (C=O) groups excluding carboxylic acids is 1. The van der Waals surface area contributed by atoms with Crippen LogP contribution in [0.3, 0.4) is 0 Å². The van der Waals surface area contributed by atoms with E-state index in [9.17, 15) is 4.79 Å². The summed E-state index contributed by atoms with van der Waals surface area (Å²) in [5, 5.41) is 2.13. The van der Waals surface area contributed by atoms with Crippen LogP contribution in [0.5, 0.6) is 0 Å². The SMILES string of the molecule is CCCC1CCC(=O)C(CN(C)C(C)c2cccs2)C1. The molecule has 0 bridgehead atoms. The second-order valence-corrected chi connectivity index (χ2v) is 7.20. The Kier molecular flexibility index (Phi) is 5.79. The summed E-state index contributed by atoms with van der Waals surface area (Å²) in [5.41, 5.74) is 0. The molecule has 1 aliphatic rings. The number of rotatable bonds is 6. The molecule has 0 radical (unpaired) electrons. The third-order valence-corrected chi connectivity index (χ3v) is 5.74. The summed E-state index contributed by atoms with van der Waals surface area (Å²) < 4.78 is 0. The predicted octanol–water partition coefficient (Wildman–Crippen LogP) is 4.53. The second-order valence-electron chi connectivity index (χ2n) is 6.22. The van der Waals surface area contributed by atoms with E-state index in [1.54, 1.807) is 11.3 Å². The van der Waals surface area contributed by atoms with Gasteiger partial charge in [-0.3, -0.25) is 9.69 Å². The van der Waals surface area contributed by atoms with Crippen LogP contribution in [0.1, 0.15) is 56.9 Å². The first kappa shape index (κ1) is 15.7. The third kappa shape index (κ3) is 3.92. The molecule has 1 saturated carbocycles. The quantitative estimate of drug-likeness (QED) is 0.768. The molecule has 0 N–H and O–H groups in total. The molecule has 3 unspecified atom stereocenters. The summed E-state index contributed by atoms with van der Waals surface area (Å²) >= 11 is 1.80. The van der Waals surface area contributed by atoms with E-state index in [0.29, 0.717) is 11.8 Å². The maximum absolute atomic E-state index is 12.2. The first-order valence-electron chi connectivity index (χ1n) is 7.88. The van der Waals surface area contributed by atoms with Crippen LogP contribution < -0.4 is 0 Å². The lowest BCUT2D eigenvalue weighted by Crippen LogP contribution is -2.35. The zero-order valence-electron chi connectivity index (χ0n) is 13.0. The maximum atomic E-state index is 12.2. The van der Waals surface area contributed by atoms with Gasteiger partial charge >= 0.3 is 0 Å². The highest BCUT2D eigenvalue weighted by Crippen LogP contribution is 2.32. The molecular formula is C17H27NOS. The van der Waals surface area contributed by atoms with E-state index in [2.05, 4.69) is 43.3 Å². The fourth-order valence-electron chi connectivity index (χ4n) is 3.30. The number of carbonyl (C=O) groups is 1. The van der Waals surface area contributed by atoms with Gasteiger partial charge in [0, 0.05) is 29.8 Å². The van der Waals surface area contributed by atoms with Crippen molar-refractivity contribution in [3.8, 4) is 0 Å². The summed E-state index contributed by atoms with van der Waals surface area (Å²) in [7, 11) is 2.15. The van der Waals surface area contributed by atoms with Gasteiger partial charge in [0.1, 0.15) is 5.78 Å². The van der Waals surface area contributed by atoms with Crippen LogP contribution in [0.2, 0.25) is 0 Å². The molecule has 1 fully saturated rings. The van der Waals surface area contributed by atoms with Crippen molar-refractivity contribution in [2.24, 2.45) is 11.8 Å².